The third-order valence-electron chi connectivity index (χ3n) is 3.18. The van der Waals surface area contributed by atoms with E-state index in [4.69, 9.17) is 0 Å². The maximum absolute atomic E-state index is 11.9. The minimum Gasteiger partial charge on any atom is -0.493 e. The largest absolute Gasteiger partial charge is 0.493 e. The van der Waals surface area contributed by atoms with Crippen LogP contribution in [0.3, 0.4) is 0 Å². The Kier molecular flexibility index (Phi) is 4.37. The van der Waals surface area contributed by atoms with E-state index < -0.39 is 17.1 Å². The fraction of sp³-hybridized carbons (Fsp3) is 0.267. The van der Waals surface area contributed by atoms with Crippen molar-refractivity contribution >= 4 is 6.21 Å². The fourth-order valence-electron chi connectivity index (χ4n) is 1.78. The van der Waals surface area contributed by atoms with E-state index in [2.05, 4.69) is 9.98 Å². The van der Waals surface area contributed by atoms with Crippen molar-refractivity contribution in [1.29, 1.82) is 0 Å². The molecule has 0 fully saturated rings. The molecule has 1 aromatic carbocycles. The lowest BCUT2D eigenvalue weighted by molar-refractivity contribution is 0.430. The Morgan fingerprint density at radius 1 is 1.33 bits per heavy atom. The second-order valence-corrected chi connectivity index (χ2v) is 4.70. The Balaban J connectivity index is 2.62. The zero-order valence-corrected chi connectivity index (χ0v) is 11.9. The third-order valence-corrected chi connectivity index (χ3v) is 3.18. The summed E-state index contributed by atoms with van der Waals surface area (Å²) < 4.78 is 1.04. The second-order valence-electron chi connectivity index (χ2n) is 4.70. The fourth-order valence-corrected chi connectivity index (χ4v) is 1.78. The lowest BCUT2D eigenvalue weighted by atomic mass is 10.2. The van der Waals surface area contributed by atoms with Crippen LogP contribution < -0.4 is 11.2 Å². The van der Waals surface area contributed by atoms with Crippen LogP contribution in [0.2, 0.25) is 0 Å². The van der Waals surface area contributed by atoms with Crippen molar-refractivity contribution < 1.29 is 5.11 Å². The topological polar surface area (TPSA) is 87.4 Å². The third kappa shape index (κ3) is 3.10. The van der Waals surface area contributed by atoms with Crippen molar-refractivity contribution in [2.75, 3.05) is 0 Å². The lowest BCUT2D eigenvalue weighted by Gasteiger charge is -2.09. The van der Waals surface area contributed by atoms with Gasteiger partial charge in [-0.1, -0.05) is 25.1 Å². The molecular formula is C15H17N3O3. The summed E-state index contributed by atoms with van der Waals surface area (Å²) >= 11 is 0. The predicted molar refractivity (Wildman–Crippen MR) is 81.7 cm³/mol. The van der Waals surface area contributed by atoms with Gasteiger partial charge in [-0.25, -0.2) is 9.36 Å². The highest BCUT2D eigenvalue weighted by atomic mass is 16.3. The highest BCUT2D eigenvalue weighted by molar-refractivity contribution is 5.82. The van der Waals surface area contributed by atoms with Crippen LogP contribution in [0, 0.1) is 0 Å². The second kappa shape index (κ2) is 6.21. The minimum atomic E-state index is -0.690. The summed E-state index contributed by atoms with van der Waals surface area (Å²) in [5.74, 6) is -0.415. The first-order valence-corrected chi connectivity index (χ1v) is 6.71. The van der Waals surface area contributed by atoms with Gasteiger partial charge >= 0.3 is 5.69 Å². The number of aromatic amines is 1. The van der Waals surface area contributed by atoms with Crippen LogP contribution in [0.1, 0.15) is 25.8 Å². The summed E-state index contributed by atoms with van der Waals surface area (Å²) in [5, 5.41) is 10.2. The average molecular weight is 287 g/mol. The molecule has 0 saturated carbocycles. The van der Waals surface area contributed by atoms with Gasteiger partial charge in [-0.05, 0) is 25.5 Å². The molecule has 0 spiro atoms. The van der Waals surface area contributed by atoms with E-state index in [0.717, 1.165) is 11.0 Å². The molecule has 0 bridgehead atoms. The van der Waals surface area contributed by atoms with Crippen LogP contribution in [0.25, 0.3) is 5.69 Å². The highest BCUT2D eigenvalue weighted by Crippen LogP contribution is 2.14. The van der Waals surface area contributed by atoms with Crippen LogP contribution in [0.15, 0.2) is 44.9 Å². The molecule has 0 radical (unpaired) electrons. The van der Waals surface area contributed by atoms with Gasteiger partial charge < -0.3 is 5.11 Å². The molecule has 0 saturated heterocycles. The quantitative estimate of drug-likeness (QED) is 0.834. The van der Waals surface area contributed by atoms with Gasteiger partial charge in [-0.15, -0.1) is 0 Å². The maximum atomic E-state index is 11.9. The minimum absolute atomic E-state index is 0.0286. The van der Waals surface area contributed by atoms with E-state index in [1.165, 1.54) is 6.21 Å². The van der Waals surface area contributed by atoms with Gasteiger partial charge in [0, 0.05) is 12.3 Å². The molecular weight excluding hydrogens is 270 g/mol. The molecule has 0 aliphatic rings. The summed E-state index contributed by atoms with van der Waals surface area (Å²) in [6, 6.07) is 8.62. The molecule has 1 atom stereocenters. The summed E-state index contributed by atoms with van der Waals surface area (Å²) in [6.45, 7) is 3.87. The van der Waals surface area contributed by atoms with Crippen LogP contribution in [0.5, 0.6) is 5.88 Å². The summed E-state index contributed by atoms with van der Waals surface area (Å²) in [7, 11) is 0. The number of nitrogens with one attached hydrogen (secondary N) is 1. The number of hydrogen-bond donors (Lipinski definition) is 2. The number of benzene rings is 1. The molecule has 2 rings (SSSR count). The summed E-state index contributed by atoms with van der Waals surface area (Å²) in [4.78, 5) is 30.1. The molecule has 2 aromatic rings. The summed E-state index contributed by atoms with van der Waals surface area (Å²) in [6.07, 6.45) is 2.12. The lowest BCUT2D eigenvalue weighted by Crippen LogP contribution is -2.31. The zero-order valence-electron chi connectivity index (χ0n) is 11.9. The maximum Gasteiger partial charge on any atom is 0.335 e. The number of nitrogens with zero attached hydrogens (tertiary/aromatic N) is 2. The van der Waals surface area contributed by atoms with Crippen molar-refractivity contribution in [2.45, 2.75) is 26.3 Å². The number of aromatic nitrogens is 2. The van der Waals surface area contributed by atoms with Crippen molar-refractivity contribution in [3.8, 4) is 11.6 Å². The van der Waals surface area contributed by atoms with Gasteiger partial charge in [0.2, 0.25) is 5.88 Å². The van der Waals surface area contributed by atoms with Crippen molar-refractivity contribution in [2.24, 2.45) is 4.99 Å². The van der Waals surface area contributed by atoms with E-state index in [-0.39, 0.29) is 11.6 Å². The summed E-state index contributed by atoms with van der Waals surface area (Å²) in [5.41, 5.74) is -0.908. The van der Waals surface area contributed by atoms with Crippen LogP contribution >= 0.6 is 0 Å². The number of hydrogen-bond acceptors (Lipinski definition) is 4. The Morgan fingerprint density at radius 2 is 2.00 bits per heavy atom. The Morgan fingerprint density at radius 3 is 2.62 bits per heavy atom. The predicted octanol–water partition coefficient (Wildman–Crippen LogP) is 1.45. The van der Waals surface area contributed by atoms with Crippen molar-refractivity contribution in [3.05, 3.63) is 56.7 Å². The van der Waals surface area contributed by atoms with E-state index in [0.29, 0.717) is 5.69 Å². The number of aromatic hydroxyl groups is 1. The molecule has 1 heterocycles. The standard InChI is InChI=1S/C15H17N3O3/c1-3-10(2)16-9-12-13(19)17-15(21)18(14(12)20)11-7-5-4-6-8-11/h4-10,20H,3H2,1-2H3,(H,17,19,21). The first-order valence-electron chi connectivity index (χ1n) is 6.71. The number of aliphatic imine (C=N–C) groups is 1. The van der Waals surface area contributed by atoms with Gasteiger partial charge in [0.1, 0.15) is 5.56 Å². The molecule has 6 nitrogen and oxygen atoms in total. The zero-order chi connectivity index (χ0) is 15.4. The van der Waals surface area contributed by atoms with E-state index in [1.807, 2.05) is 13.8 Å². The van der Waals surface area contributed by atoms with Crippen LogP contribution in [-0.4, -0.2) is 26.9 Å². The molecule has 6 heteroatoms. The monoisotopic (exact) mass is 287 g/mol. The van der Waals surface area contributed by atoms with Crippen molar-refractivity contribution in [1.82, 2.24) is 9.55 Å². The van der Waals surface area contributed by atoms with E-state index in [9.17, 15) is 14.7 Å². The Bertz CT molecular complexity index is 760. The molecule has 1 aromatic heterocycles. The average Bonchev–Trinajstić information content (AvgIpc) is 2.47. The molecule has 0 amide bonds. The first-order chi connectivity index (χ1) is 10.0. The number of para-hydroxylation sites is 1. The normalized spacial score (nSPS) is 12.7. The molecule has 110 valence electrons. The van der Waals surface area contributed by atoms with Crippen molar-refractivity contribution in [3.63, 3.8) is 0 Å². The van der Waals surface area contributed by atoms with E-state index >= 15 is 0 Å². The molecule has 21 heavy (non-hydrogen) atoms. The van der Waals surface area contributed by atoms with Gasteiger partial charge in [0.25, 0.3) is 5.56 Å². The first kappa shape index (κ1) is 14.8. The van der Waals surface area contributed by atoms with Gasteiger partial charge in [-0.2, -0.15) is 0 Å². The molecule has 2 N–H and O–H groups in total. The Labute approximate surface area is 121 Å². The molecule has 0 aliphatic carbocycles. The van der Waals surface area contributed by atoms with E-state index in [1.54, 1.807) is 30.3 Å². The van der Waals surface area contributed by atoms with Gasteiger partial charge in [0.15, 0.2) is 0 Å². The van der Waals surface area contributed by atoms with Crippen LogP contribution in [0.4, 0.5) is 0 Å². The molecule has 0 aliphatic heterocycles. The van der Waals surface area contributed by atoms with Gasteiger partial charge in [0.05, 0.1) is 5.69 Å². The number of H-pyrrole nitrogens is 1. The number of rotatable bonds is 4. The Hall–Kier alpha value is -2.63. The van der Waals surface area contributed by atoms with Gasteiger partial charge in [-0.3, -0.25) is 14.8 Å². The molecule has 1 unspecified atom stereocenters. The smallest absolute Gasteiger partial charge is 0.335 e. The highest BCUT2D eigenvalue weighted by Gasteiger charge is 2.13. The van der Waals surface area contributed by atoms with Crippen LogP contribution in [-0.2, 0) is 0 Å². The SMILES string of the molecule is CCC(C)N=Cc1c(O)n(-c2ccccc2)c(=O)[nH]c1=O.